The van der Waals surface area contributed by atoms with E-state index in [4.69, 9.17) is 4.74 Å². The number of β-amino-alcohol motifs (C(OH)–C–C–N with tert-alkyl or cyclic N) is 1. The van der Waals surface area contributed by atoms with E-state index in [9.17, 15) is 49.4 Å². The Hall–Kier alpha value is -2.23. The van der Waals surface area contributed by atoms with E-state index in [0.29, 0.717) is 17.1 Å². The zero-order valence-electron chi connectivity index (χ0n) is 17.1. The predicted molar refractivity (Wildman–Crippen MR) is 97.2 cm³/mol. The summed E-state index contributed by atoms with van der Waals surface area (Å²) in [4.78, 5) is 15.8. The van der Waals surface area contributed by atoms with Crippen LogP contribution in [0.4, 0.5) is 51.3 Å². The van der Waals surface area contributed by atoms with Gasteiger partial charge in [-0.1, -0.05) is 0 Å². The number of fused-ring (bicyclic) bond motifs is 2. The van der Waals surface area contributed by atoms with Gasteiger partial charge in [0.2, 0.25) is 5.95 Å². The smallest absolute Gasteiger partial charge is 0.376 e. The molecule has 0 aromatic carbocycles. The largest absolute Gasteiger partial charge is 0.428 e. The van der Waals surface area contributed by atoms with Gasteiger partial charge in [-0.05, 0) is 24.7 Å². The summed E-state index contributed by atoms with van der Waals surface area (Å²) in [7, 11) is 0. The van der Waals surface area contributed by atoms with Crippen LogP contribution in [0.5, 0.6) is 0 Å². The number of hydrogen-bond donors (Lipinski definition) is 2. The summed E-state index contributed by atoms with van der Waals surface area (Å²) in [6, 6.07) is -1.97. The topological polar surface area (TPSA) is 79.6 Å². The van der Waals surface area contributed by atoms with Crippen LogP contribution in [0, 0.1) is 11.8 Å². The fourth-order valence-corrected chi connectivity index (χ4v) is 4.37. The lowest BCUT2D eigenvalue weighted by Crippen LogP contribution is -2.66. The van der Waals surface area contributed by atoms with Crippen molar-refractivity contribution in [2.45, 2.75) is 55.7 Å². The van der Waals surface area contributed by atoms with Crippen LogP contribution >= 0.6 is 0 Å². The predicted octanol–water partition coefficient (Wildman–Crippen LogP) is 2.69. The normalized spacial score (nSPS) is 27.4. The van der Waals surface area contributed by atoms with Crippen molar-refractivity contribution in [3.8, 4) is 0 Å². The van der Waals surface area contributed by atoms with Crippen molar-refractivity contribution >= 4 is 11.8 Å². The van der Waals surface area contributed by atoms with Gasteiger partial charge in [-0.2, -0.15) is 44.5 Å². The van der Waals surface area contributed by atoms with Gasteiger partial charge < -0.3 is 20.1 Å². The number of nitrogens with zero attached hydrogens (tertiary/aromatic N) is 3. The highest BCUT2D eigenvalue weighted by molar-refractivity contribution is 5.45. The van der Waals surface area contributed by atoms with Crippen molar-refractivity contribution in [2.75, 3.05) is 29.9 Å². The van der Waals surface area contributed by atoms with Crippen molar-refractivity contribution in [3.05, 3.63) is 16.4 Å². The number of aromatic nitrogens is 2. The Morgan fingerprint density at radius 2 is 1.76 bits per heavy atom. The zero-order valence-corrected chi connectivity index (χ0v) is 17.1. The SMILES string of the molecule is O=c1cc(NC[C@H]2OCC3CC32)nc2n1CC[C@@H](C(F)(F)F)N2CC(O)(C(F)(F)F)C(F)(F)F. The molecule has 0 bridgehead atoms. The van der Waals surface area contributed by atoms with E-state index in [0.717, 1.165) is 12.5 Å². The van der Waals surface area contributed by atoms with Crippen LogP contribution in [0.2, 0.25) is 0 Å². The minimum absolute atomic E-state index is 0.0921. The molecule has 1 aromatic heterocycles. The van der Waals surface area contributed by atoms with E-state index in [2.05, 4.69) is 10.3 Å². The summed E-state index contributed by atoms with van der Waals surface area (Å²) in [5.41, 5.74) is -6.48. The Bertz CT molecular complexity index is 977. The third-order valence-corrected chi connectivity index (χ3v) is 6.43. The van der Waals surface area contributed by atoms with E-state index in [1.807, 2.05) is 0 Å². The van der Waals surface area contributed by atoms with Gasteiger partial charge in [-0.15, -0.1) is 0 Å². The van der Waals surface area contributed by atoms with Gasteiger partial charge in [0.25, 0.3) is 11.2 Å². The van der Waals surface area contributed by atoms with Gasteiger partial charge in [0.05, 0.1) is 19.3 Å². The van der Waals surface area contributed by atoms with Crippen molar-refractivity contribution in [3.63, 3.8) is 0 Å². The average molecular weight is 510 g/mol. The second-order valence-electron chi connectivity index (χ2n) is 8.67. The molecule has 16 heteroatoms. The van der Waals surface area contributed by atoms with Crippen molar-refractivity contribution in [2.24, 2.45) is 11.8 Å². The Morgan fingerprint density at radius 1 is 1.12 bits per heavy atom. The first-order chi connectivity index (χ1) is 15.5. The number of rotatable bonds is 5. The Kier molecular flexibility index (Phi) is 5.78. The highest BCUT2D eigenvalue weighted by Crippen LogP contribution is 2.48. The van der Waals surface area contributed by atoms with Gasteiger partial charge >= 0.3 is 18.5 Å². The summed E-state index contributed by atoms with van der Waals surface area (Å²) in [6.07, 6.45) is -18.4. The number of aliphatic hydroxyl groups is 1. The fourth-order valence-electron chi connectivity index (χ4n) is 4.37. The first kappa shape index (κ1) is 24.9. The number of halogens is 9. The molecule has 2 unspecified atom stereocenters. The van der Waals surface area contributed by atoms with Gasteiger partial charge in [-0.3, -0.25) is 9.36 Å². The summed E-state index contributed by atoms with van der Waals surface area (Å²) in [5.74, 6) is -0.753. The molecule has 0 spiro atoms. The summed E-state index contributed by atoms with van der Waals surface area (Å²) in [5, 5.41) is 12.2. The number of nitrogens with one attached hydrogen (secondary N) is 1. The third kappa shape index (κ3) is 4.29. The molecule has 3 heterocycles. The standard InChI is InChI=1S/C18H19F9N4O3/c19-16(20,21)11-1-2-30-13(32)4-12(28-5-10-9-3-8(9)6-34-10)29-14(30)31(11)7-15(33,17(22,23)24)18(25,26)27/h4,8-11,28,33H,1-3,5-7H2/t8?,9?,10-,11+/m1/s1. The molecule has 1 saturated heterocycles. The van der Waals surface area contributed by atoms with Crippen LogP contribution in [0.3, 0.4) is 0 Å². The van der Waals surface area contributed by atoms with E-state index < -0.39 is 61.2 Å². The molecule has 2 aliphatic heterocycles. The number of anilines is 2. The Balaban J connectivity index is 1.71. The quantitative estimate of drug-likeness (QED) is 0.594. The second-order valence-corrected chi connectivity index (χ2v) is 8.67. The molecule has 1 aliphatic carbocycles. The molecule has 0 radical (unpaired) electrons. The summed E-state index contributed by atoms with van der Waals surface area (Å²) in [6.45, 7) is -2.59. The number of hydrogen-bond acceptors (Lipinski definition) is 6. The van der Waals surface area contributed by atoms with Crippen LogP contribution in [-0.2, 0) is 11.3 Å². The van der Waals surface area contributed by atoms with Gasteiger partial charge in [0, 0.05) is 19.2 Å². The van der Waals surface area contributed by atoms with E-state index in [1.54, 1.807) is 0 Å². The summed E-state index contributed by atoms with van der Waals surface area (Å²) >= 11 is 0. The Labute approximate surface area is 185 Å². The molecule has 7 nitrogen and oxygen atoms in total. The highest BCUT2D eigenvalue weighted by Gasteiger charge is 2.72. The first-order valence-corrected chi connectivity index (χ1v) is 10.2. The van der Waals surface area contributed by atoms with Crippen LogP contribution in [-0.4, -0.2) is 70.6 Å². The number of ether oxygens (including phenoxy) is 1. The van der Waals surface area contributed by atoms with E-state index in [1.165, 1.54) is 0 Å². The molecule has 192 valence electrons. The molecular weight excluding hydrogens is 491 g/mol. The molecule has 2 fully saturated rings. The molecule has 1 saturated carbocycles. The lowest BCUT2D eigenvalue weighted by atomic mass is 9.99. The molecule has 3 aliphatic rings. The Morgan fingerprint density at radius 3 is 2.26 bits per heavy atom. The van der Waals surface area contributed by atoms with E-state index in [-0.39, 0.29) is 29.3 Å². The maximum atomic E-state index is 13.6. The van der Waals surface area contributed by atoms with Crippen LogP contribution in [0.15, 0.2) is 10.9 Å². The van der Waals surface area contributed by atoms with Crippen LogP contribution in [0.1, 0.15) is 12.8 Å². The zero-order chi connectivity index (χ0) is 25.3. The molecule has 1 aromatic rings. The van der Waals surface area contributed by atoms with Crippen molar-refractivity contribution < 1.29 is 49.4 Å². The molecule has 4 atom stereocenters. The van der Waals surface area contributed by atoms with Crippen molar-refractivity contribution in [1.82, 2.24) is 9.55 Å². The molecular formula is C18H19F9N4O3. The first-order valence-electron chi connectivity index (χ1n) is 10.2. The van der Waals surface area contributed by atoms with Crippen LogP contribution in [0.25, 0.3) is 0 Å². The van der Waals surface area contributed by atoms with Gasteiger partial charge in [0.15, 0.2) is 0 Å². The average Bonchev–Trinajstić information content (AvgIpc) is 3.36. The number of alkyl halides is 9. The monoisotopic (exact) mass is 510 g/mol. The van der Waals surface area contributed by atoms with Crippen molar-refractivity contribution in [1.29, 1.82) is 0 Å². The molecule has 4 rings (SSSR count). The second kappa shape index (κ2) is 7.90. The molecule has 34 heavy (non-hydrogen) atoms. The third-order valence-electron chi connectivity index (χ3n) is 6.43. The lowest BCUT2D eigenvalue weighted by molar-refractivity contribution is -0.364. The van der Waals surface area contributed by atoms with Gasteiger partial charge in [0.1, 0.15) is 11.9 Å². The van der Waals surface area contributed by atoms with Crippen LogP contribution < -0.4 is 15.8 Å². The maximum absolute atomic E-state index is 13.6. The van der Waals surface area contributed by atoms with Gasteiger partial charge in [-0.25, -0.2) is 0 Å². The summed E-state index contributed by atoms with van der Waals surface area (Å²) < 4.78 is 126. The fraction of sp³-hybridized carbons (Fsp3) is 0.778. The highest BCUT2D eigenvalue weighted by atomic mass is 19.4. The molecule has 2 N–H and O–H groups in total. The minimum atomic E-state index is -6.36. The minimum Gasteiger partial charge on any atom is -0.376 e. The maximum Gasteiger partial charge on any atom is 0.428 e. The van der Waals surface area contributed by atoms with E-state index >= 15 is 0 Å². The molecule has 0 amide bonds. The lowest BCUT2D eigenvalue weighted by Gasteiger charge is -2.43.